The van der Waals surface area contributed by atoms with E-state index in [0.717, 1.165) is 44.1 Å². The number of hydrogen-bond donors (Lipinski definition) is 0. The van der Waals surface area contributed by atoms with Gasteiger partial charge in [-0.3, -0.25) is 14.8 Å². The average Bonchev–Trinajstić information content (AvgIpc) is 3.16. The number of aryl methyl sites for hydroxylation is 1. The van der Waals surface area contributed by atoms with Crippen LogP contribution in [-0.2, 0) is 26.2 Å². The number of imidazole rings is 1. The second kappa shape index (κ2) is 6.42. The van der Waals surface area contributed by atoms with Gasteiger partial charge in [-0.1, -0.05) is 6.07 Å². The van der Waals surface area contributed by atoms with Crippen molar-refractivity contribution in [2.75, 3.05) is 19.6 Å². The summed E-state index contributed by atoms with van der Waals surface area (Å²) >= 11 is 0. The van der Waals surface area contributed by atoms with E-state index in [1.807, 2.05) is 0 Å². The van der Waals surface area contributed by atoms with E-state index < -0.39 is 0 Å². The zero-order valence-corrected chi connectivity index (χ0v) is 13.9. The van der Waals surface area contributed by atoms with Gasteiger partial charge >= 0.3 is 0 Å². The van der Waals surface area contributed by atoms with Gasteiger partial charge in [0.2, 0.25) is 0 Å². The van der Waals surface area contributed by atoms with Gasteiger partial charge in [0.05, 0.1) is 17.9 Å². The summed E-state index contributed by atoms with van der Waals surface area (Å²) in [5, 5.41) is 0. The lowest BCUT2D eigenvalue weighted by Gasteiger charge is -2.27. The van der Waals surface area contributed by atoms with Crippen LogP contribution in [-0.4, -0.2) is 44.0 Å². The number of aromatic nitrogens is 3. The van der Waals surface area contributed by atoms with Crippen LogP contribution in [0.5, 0.6) is 0 Å². The molecule has 4 rings (SSSR count). The van der Waals surface area contributed by atoms with Gasteiger partial charge in [-0.25, -0.2) is 4.98 Å². The van der Waals surface area contributed by atoms with Crippen LogP contribution < -0.4 is 0 Å². The lowest BCUT2D eigenvalue weighted by molar-refractivity contribution is 0.206. The topological polar surface area (TPSA) is 37.2 Å². The molecule has 0 spiro atoms. The van der Waals surface area contributed by atoms with Crippen LogP contribution in [0.1, 0.15) is 35.7 Å². The van der Waals surface area contributed by atoms with E-state index in [0.29, 0.717) is 0 Å². The second-order valence-corrected chi connectivity index (χ2v) is 6.81. The Morgan fingerprint density at radius 1 is 0.913 bits per heavy atom. The first-order valence-corrected chi connectivity index (χ1v) is 8.68. The van der Waals surface area contributed by atoms with Crippen molar-refractivity contribution in [3.63, 3.8) is 0 Å². The summed E-state index contributed by atoms with van der Waals surface area (Å²) in [4.78, 5) is 14.5. The molecule has 0 aliphatic carbocycles. The Kier molecular flexibility index (Phi) is 4.14. The first kappa shape index (κ1) is 14.8. The summed E-state index contributed by atoms with van der Waals surface area (Å²) in [7, 11) is 0. The van der Waals surface area contributed by atoms with Crippen LogP contribution in [0.3, 0.4) is 0 Å². The highest BCUT2D eigenvalue weighted by Gasteiger charge is 2.20. The van der Waals surface area contributed by atoms with E-state index in [2.05, 4.69) is 50.7 Å². The van der Waals surface area contributed by atoms with Gasteiger partial charge in [0, 0.05) is 38.1 Å². The molecule has 0 saturated carbocycles. The average molecular weight is 311 g/mol. The Labute approximate surface area is 138 Å². The van der Waals surface area contributed by atoms with Crippen LogP contribution in [0.25, 0.3) is 0 Å². The normalized spacial score (nSPS) is 19.2. The van der Waals surface area contributed by atoms with Gasteiger partial charge in [0.15, 0.2) is 0 Å². The molecule has 0 aromatic carbocycles. The van der Waals surface area contributed by atoms with E-state index in [4.69, 9.17) is 4.98 Å². The van der Waals surface area contributed by atoms with Crippen LogP contribution in [0.15, 0.2) is 24.4 Å². The smallest absolute Gasteiger partial charge is 0.123 e. The van der Waals surface area contributed by atoms with Crippen LogP contribution in [0.2, 0.25) is 0 Å². The van der Waals surface area contributed by atoms with E-state index in [1.165, 1.54) is 37.4 Å². The van der Waals surface area contributed by atoms with E-state index in [9.17, 15) is 0 Å². The molecule has 0 radical (unpaired) electrons. The molecule has 2 aliphatic rings. The summed E-state index contributed by atoms with van der Waals surface area (Å²) < 4.78 is 2.34. The molecular weight excluding hydrogens is 286 g/mol. The third-order valence-corrected chi connectivity index (χ3v) is 4.85. The van der Waals surface area contributed by atoms with Crippen molar-refractivity contribution in [1.29, 1.82) is 0 Å². The Bertz CT molecular complexity index is 672. The minimum atomic E-state index is 0.913. The molecule has 2 aromatic heterocycles. The highest BCUT2D eigenvalue weighted by molar-refractivity contribution is 5.11. The summed E-state index contributed by atoms with van der Waals surface area (Å²) in [5.74, 6) is 1.21. The third-order valence-electron chi connectivity index (χ3n) is 4.85. The number of hydrogen-bond acceptors (Lipinski definition) is 4. The SMILES string of the molecule is Cc1cccc(CN2CCn3cc(CN4CCCC4)nc3C2)n1. The van der Waals surface area contributed by atoms with Crippen molar-refractivity contribution in [3.05, 3.63) is 47.3 Å². The second-order valence-electron chi connectivity index (χ2n) is 6.81. The van der Waals surface area contributed by atoms with Crippen LogP contribution >= 0.6 is 0 Å². The molecule has 0 amide bonds. The van der Waals surface area contributed by atoms with Crippen molar-refractivity contribution in [3.8, 4) is 0 Å². The molecule has 0 bridgehead atoms. The van der Waals surface area contributed by atoms with Gasteiger partial charge < -0.3 is 4.57 Å². The van der Waals surface area contributed by atoms with E-state index in [1.54, 1.807) is 0 Å². The lowest BCUT2D eigenvalue weighted by Crippen LogP contribution is -2.33. The van der Waals surface area contributed by atoms with Crippen LogP contribution in [0, 0.1) is 6.92 Å². The Morgan fingerprint density at radius 2 is 1.74 bits per heavy atom. The van der Waals surface area contributed by atoms with Gasteiger partial charge in [0.1, 0.15) is 5.82 Å². The number of pyridine rings is 1. The van der Waals surface area contributed by atoms with E-state index in [-0.39, 0.29) is 0 Å². The fraction of sp³-hybridized carbons (Fsp3) is 0.556. The predicted octanol–water partition coefficient (Wildman–Crippen LogP) is 2.20. The fourth-order valence-corrected chi connectivity index (χ4v) is 3.66. The zero-order chi connectivity index (χ0) is 15.6. The number of likely N-dealkylation sites (tertiary alicyclic amines) is 1. The van der Waals surface area contributed by atoms with Gasteiger partial charge in [-0.15, -0.1) is 0 Å². The maximum Gasteiger partial charge on any atom is 0.123 e. The highest BCUT2D eigenvalue weighted by Crippen LogP contribution is 2.17. The summed E-state index contributed by atoms with van der Waals surface area (Å²) in [6, 6.07) is 6.26. The monoisotopic (exact) mass is 311 g/mol. The number of nitrogens with zero attached hydrogens (tertiary/aromatic N) is 5. The standard InChI is InChI=1S/C18H25N5/c1-15-5-4-6-16(19-15)11-22-9-10-23-13-17(20-18(23)14-22)12-21-7-2-3-8-21/h4-6,13H,2-3,7-12,14H2,1H3. The van der Waals surface area contributed by atoms with E-state index >= 15 is 0 Å². The highest BCUT2D eigenvalue weighted by atomic mass is 15.2. The van der Waals surface area contributed by atoms with Gasteiger partial charge in [-0.05, 0) is 45.0 Å². The predicted molar refractivity (Wildman–Crippen MR) is 89.8 cm³/mol. The van der Waals surface area contributed by atoms with Gasteiger partial charge in [-0.2, -0.15) is 0 Å². The molecule has 1 fully saturated rings. The summed E-state index contributed by atoms with van der Waals surface area (Å²) in [6.45, 7) is 9.47. The van der Waals surface area contributed by atoms with Crippen LogP contribution in [0.4, 0.5) is 0 Å². The molecule has 5 heteroatoms. The minimum Gasteiger partial charge on any atom is -0.332 e. The zero-order valence-electron chi connectivity index (χ0n) is 13.9. The third kappa shape index (κ3) is 3.46. The molecule has 2 aromatic rings. The molecule has 2 aliphatic heterocycles. The largest absolute Gasteiger partial charge is 0.332 e. The van der Waals surface area contributed by atoms with Gasteiger partial charge in [0.25, 0.3) is 0 Å². The molecule has 0 unspecified atom stereocenters. The van der Waals surface area contributed by atoms with Crippen molar-refractivity contribution >= 4 is 0 Å². The number of rotatable bonds is 4. The molecule has 0 atom stereocenters. The molecule has 5 nitrogen and oxygen atoms in total. The maximum absolute atomic E-state index is 4.88. The molecule has 122 valence electrons. The molecular formula is C18H25N5. The van der Waals surface area contributed by atoms with Crippen molar-refractivity contribution in [1.82, 2.24) is 24.3 Å². The Morgan fingerprint density at radius 3 is 2.57 bits per heavy atom. The first-order chi connectivity index (χ1) is 11.3. The fourth-order valence-electron chi connectivity index (χ4n) is 3.66. The van der Waals surface area contributed by atoms with Crippen molar-refractivity contribution < 1.29 is 0 Å². The van der Waals surface area contributed by atoms with Crippen molar-refractivity contribution in [2.24, 2.45) is 0 Å². The Hall–Kier alpha value is -1.72. The maximum atomic E-state index is 4.88. The summed E-state index contributed by atoms with van der Waals surface area (Å²) in [6.07, 6.45) is 4.94. The lowest BCUT2D eigenvalue weighted by atomic mass is 10.2. The molecule has 1 saturated heterocycles. The molecule has 4 heterocycles. The first-order valence-electron chi connectivity index (χ1n) is 8.68. The molecule has 23 heavy (non-hydrogen) atoms. The van der Waals surface area contributed by atoms with Crippen molar-refractivity contribution in [2.45, 2.75) is 45.9 Å². The number of fused-ring (bicyclic) bond motifs is 1. The minimum absolute atomic E-state index is 0.913. The quantitative estimate of drug-likeness (QED) is 0.867. The molecule has 0 N–H and O–H groups in total. The Balaban J connectivity index is 1.41. The summed E-state index contributed by atoms with van der Waals surface area (Å²) in [5.41, 5.74) is 3.48.